The molecule has 0 aromatic heterocycles. The van der Waals surface area contributed by atoms with Crippen molar-refractivity contribution in [2.24, 2.45) is 45.8 Å². The van der Waals surface area contributed by atoms with Crippen LogP contribution < -0.4 is 0 Å². The van der Waals surface area contributed by atoms with Crippen LogP contribution in [0, 0.1) is 45.8 Å². The second kappa shape index (κ2) is 5.50. The first kappa shape index (κ1) is 18.0. The molecule has 2 nitrogen and oxygen atoms in total. The largest absolute Gasteiger partial charge is 0.396 e. The number of rotatable bonds is 3. The molecule has 4 bridgehead atoms. The van der Waals surface area contributed by atoms with Crippen molar-refractivity contribution in [2.75, 3.05) is 13.7 Å². The molecular weight excluding hydrogens is 320 g/mol. The van der Waals surface area contributed by atoms with E-state index in [-0.39, 0.29) is 5.60 Å². The lowest BCUT2D eigenvalue weighted by Gasteiger charge is -2.74. The van der Waals surface area contributed by atoms with Crippen LogP contribution in [0.2, 0.25) is 0 Å². The minimum atomic E-state index is 0.200. The summed E-state index contributed by atoms with van der Waals surface area (Å²) in [5, 5.41) is 9.85. The quantitative estimate of drug-likeness (QED) is 0.727. The van der Waals surface area contributed by atoms with E-state index in [1.165, 1.54) is 64.2 Å². The van der Waals surface area contributed by atoms with Gasteiger partial charge in [0.25, 0.3) is 0 Å². The Morgan fingerprint density at radius 3 is 2.50 bits per heavy atom. The molecule has 0 saturated heterocycles. The number of methoxy groups -OCH3 is 1. The highest BCUT2D eigenvalue weighted by atomic mass is 16.5. The summed E-state index contributed by atoms with van der Waals surface area (Å²) in [5.41, 5.74) is 1.78. The Kier molecular flexibility index (Phi) is 3.80. The zero-order valence-electron chi connectivity index (χ0n) is 17.5. The van der Waals surface area contributed by atoms with Gasteiger partial charge in [0, 0.05) is 13.7 Å². The maximum Gasteiger partial charge on any atom is 0.0687 e. The average Bonchev–Trinajstić information content (AvgIpc) is 2.98. The monoisotopic (exact) mass is 360 g/mol. The van der Waals surface area contributed by atoms with Gasteiger partial charge in [0.2, 0.25) is 0 Å². The van der Waals surface area contributed by atoms with Crippen LogP contribution in [0.3, 0.4) is 0 Å². The van der Waals surface area contributed by atoms with Gasteiger partial charge in [-0.2, -0.15) is 0 Å². The van der Waals surface area contributed by atoms with Gasteiger partial charge in [0.1, 0.15) is 0 Å². The van der Waals surface area contributed by atoms with Crippen LogP contribution in [0.4, 0.5) is 0 Å². The molecule has 0 aromatic rings. The fourth-order valence-electron chi connectivity index (χ4n) is 9.98. The summed E-state index contributed by atoms with van der Waals surface area (Å²) in [6.45, 7) is 7.96. The van der Waals surface area contributed by atoms with E-state index in [2.05, 4.69) is 20.8 Å². The van der Waals surface area contributed by atoms with Gasteiger partial charge >= 0.3 is 0 Å². The first-order valence-corrected chi connectivity index (χ1v) is 11.5. The van der Waals surface area contributed by atoms with E-state index in [1.807, 2.05) is 7.11 Å². The minimum absolute atomic E-state index is 0.200. The Morgan fingerprint density at radius 1 is 1.00 bits per heavy atom. The molecule has 0 aliphatic heterocycles. The van der Waals surface area contributed by atoms with Crippen molar-refractivity contribution in [3.05, 3.63) is 0 Å². The van der Waals surface area contributed by atoms with Crippen molar-refractivity contribution in [3.63, 3.8) is 0 Å². The second-order valence-electron chi connectivity index (χ2n) is 11.7. The molecule has 6 rings (SSSR count). The van der Waals surface area contributed by atoms with Gasteiger partial charge in [-0.25, -0.2) is 0 Å². The van der Waals surface area contributed by atoms with E-state index in [9.17, 15) is 5.11 Å². The van der Waals surface area contributed by atoms with E-state index < -0.39 is 0 Å². The average molecular weight is 361 g/mol. The Bertz CT molecular complexity index is 589. The minimum Gasteiger partial charge on any atom is -0.396 e. The number of aliphatic hydroxyl groups is 1. The third kappa shape index (κ3) is 1.92. The molecule has 6 saturated carbocycles. The van der Waals surface area contributed by atoms with Gasteiger partial charge in [-0.3, -0.25) is 0 Å². The van der Waals surface area contributed by atoms with Gasteiger partial charge in [-0.05, 0) is 110 Å². The van der Waals surface area contributed by atoms with Crippen molar-refractivity contribution in [3.8, 4) is 0 Å². The van der Waals surface area contributed by atoms with Gasteiger partial charge in [-0.1, -0.05) is 20.8 Å². The molecule has 3 unspecified atom stereocenters. The lowest BCUT2D eigenvalue weighted by atomic mass is 9.31. The summed E-state index contributed by atoms with van der Waals surface area (Å²) < 4.78 is 6.27. The first-order valence-electron chi connectivity index (χ1n) is 11.5. The lowest BCUT2D eigenvalue weighted by molar-refractivity contribution is -0.281. The molecule has 6 aliphatic rings. The topological polar surface area (TPSA) is 29.5 Å². The SMILES string of the molecule is CO[C@@]12CC[C@@]3(C)[C@H](CCC4C5CCC([C@H](C)CO)[C@@]5(C)CC[C@@]43C1)C2. The molecule has 6 aliphatic carbocycles. The van der Waals surface area contributed by atoms with Gasteiger partial charge in [0.15, 0.2) is 0 Å². The normalized spacial score (nSPS) is 59.0. The maximum absolute atomic E-state index is 9.85. The number of fused-ring (bicyclic) bond motifs is 3. The summed E-state index contributed by atoms with van der Waals surface area (Å²) in [6.07, 6.45) is 13.9. The smallest absolute Gasteiger partial charge is 0.0687 e. The van der Waals surface area contributed by atoms with E-state index in [4.69, 9.17) is 4.74 Å². The molecule has 6 fully saturated rings. The highest BCUT2D eigenvalue weighted by Gasteiger charge is 2.72. The fraction of sp³-hybridized carbons (Fsp3) is 1.00. The van der Waals surface area contributed by atoms with Crippen LogP contribution in [-0.2, 0) is 4.74 Å². The van der Waals surface area contributed by atoms with E-state index in [1.54, 1.807) is 0 Å². The number of hydrogen-bond acceptors (Lipinski definition) is 2. The van der Waals surface area contributed by atoms with E-state index >= 15 is 0 Å². The van der Waals surface area contributed by atoms with Crippen molar-refractivity contribution < 1.29 is 9.84 Å². The van der Waals surface area contributed by atoms with Crippen LogP contribution in [-0.4, -0.2) is 24.4 Å². The molecule has 2 heteroatoms. The summed E-state index contributed by atoms with van der Waals surface area (Å²) >= 11 is 0. The molecule has 0 heterocycles. The summed E-state index contributed by atoms with van der Waals surface area (Å²) in [7, 11) is 2.00. The van der Waals surface area contributed by atoms with Crippen LogP contribution in [0.1, 0.15) is 85.0 Å². The number of ether oxygens (including phenoxy) is 1. The van der Waals surface area contributed by atoms with Gasteiger partial charge < -0.3 is 9.84 Å². The second-order valence-corrected chi connectivity index (χ2v) is 11.7. The Hall–Kier alpha value is -0.0800. The summed E-state index contributed by atoms with van der Waals surface area (Å²) in [5.74, 6) is 3.91. The summed E-state index contributed by atoms with van der Waals surface area (Å²) in [6, 6.07) is 0. The van der Waals surface area contributed by atoms with Crippen LogP contribution >= 0.6 is 0 Å². The highest BCUT2D eigenvalue weighted by molar-refractivity contribution is 5.22. The zero-order valence-corrected chi connectivity index (χ0v) is 17.5. The standard InChI is InChI=1S/C24H40O2/c1-16(14-25)18-7-8-19-20-6-5-17-13-23(26-4)11-10-22(17,3)24(20,15-23)12-9-21(18,19)2/h16-20,25H,5-15H2,1-4H3/t16-,17-,18?,19?,20?,21-,22+,23-,24-/m1/s1. The molecule has 1 spiro atoms. The fourth-order valence-corrected chi connectivity index (χ4v) is 9.98. The van der Waals surface area contributed by atoms with Crippen molar-refractivity contribution in [1.82, 2.24) is 0 Å². The highest BCUT2D eigenvalue weighted by Crippen LogP contribution is 2.78. The lowest BCUT2D eigenvalue weighted by Crippen LogP contribution is -2.69. The van der Waals surface area contributed by atoms with Gasteiger partial charge in [0.05, 0.1) is 5.60 Å². The number of aliphatic hydroxyl groups excluding tert-OH is 1. The van der Waals surface area contributed by atoms with Crippen molar-refractivity contribution >= 4 is 0 Å². The molecule has 9 atom stereocenters. The predicted octanol–water partition coefficient (Wildman–Crippen LogP) is 5.43. The third-order valence-corrected chi connectivity index (χ3v) is 11.4. The third-order valence-electron chi connectivity index (χ3n) is 11.4. The van der Waals surface area contributed by atoms with Crippen LogP contribution in [0.25, 0.3) is 0 Å². The van der Waals surface area contributed by atoms with Crippen molar-refractivity contribution in [1.29, 1.82) is 0 Å². The maximum atomic E-state index is 9.85. The Labute approximate surface area is 160 Å². The van der Waals surface area contributed by atoms with E-state index in [0.717, 1.165) is 23.7 Å². The molecule has 0 amide bonds. The molecule has 1 N–H and O–H groups in total. The van der Waals surface area contributed by atoms with Gasteiger partial charge in [-0.15, -0.1) is 0 Å². The number of hydrogen-bond donors (Lipinski definition) is 1. The predicted molar refractivity (Wildman–Crippen MR) is 105 cm³/mol. The zero-order chi connectivity index (χ0) is 18.4. The van der Waals surface area contributed by atoms with Crippen LogP contribution in [0.15, 0.2) is 0 Å². The molecule has 26 heavy (non-hydrogen) atoms. The van der Waals surface area contributed by atoms with E-state index in [0.29, 0.717) is 28.8 Å². The Balaban J connectivity index is 1.54. The molecular formula is C24H40O2. The molecule has 148 valence electrons. The van der Waals surface area contributed by atoms with Crippen molar-refractivity contribution in [2.45, 2.75) is 90.6 Å². The van der Waals surface area contributed by atoms with Crippen LogP contribution in [0.5, 0.6) is 0 Å². The Morgan fingerprint density at radius 2 is 1.77 bits per heavy atom. The molecule has 0 radical (unpaired) electrons. The first-order chi connectivity index (χ1) is 12.3. The summed E-state index contributed by atoms with van der Waals surface area (Å²) in [4.78, 5) is 0. The molecule has 0 aromatic carbocycles.